The number of nitrogens with zero attached hydrogens (tertiary/aromatic N) is 2. The molecule has 2 aromatic rings. The van der Waals surface area contributed by atoms with Crippen LogP contribution in [0.2, 0.25) is 0 Å². The summed E-state index contributed by atoms with van der Waals surface area (Å²) < 4.78 is 29.7. The smallest absolute Gasteiger partial charge is 0.387 e. The number of halogens is 3. The molecule has 0 spiro atoms. The van der Waals surface area contributed by atoms with Crippen molar-refractivity contribution < 1.29 is 13.5 Å². The number of ether oxygens (including phenoxy) is 1. The fourth-order valence-electron chi connectivity index (χ4n) is 3.72. The van der Waals surface area contributed by atoms with Gasteiger partial charge >= 0.3 is 6.61 Å². The molecule has 0 saturated carbocycles. The third-order valence-corrected chi connectivity index (χ3v) is 5.35. The summed E-state index contributed by atoms with van der Waals surface area (Å²) in [6, 6.07) is 17.4. The first kappa shape index (κ1) is 25.3. The molecule has 8 heteroatoms. The molecule has 0 aliphatic carbocycles. The van der Waals surface area contributed by atoms with E-state index in [1.807, 2.05) is 6.07 Å². The minimum Gasteiger partial charge on any atom is -0.434 e. The van der Waals surface area contributed by atoms with Crippen LogP contribution in [0.25, 0.3) is 0 Å². The van der Waals surface area contributed by atoms with Gasteiger partial charge in [-0.05, 0) is 36.9 Å². The second kappa shape index (κ2) is 13.5. The van der Waals surface area contributed by atoms with Gasteiger partial charge in [-0.2, -0.15) is 8.78 Å². The van der Waals surface area contributed by atoms with E-state index in [0.717, 1.165) is 39.0 Å². The Morgan fingerprint density at radius 2 is 1.87 bits per heavy atom. The van der Waals surface area contributed by atoms with Crippen molar-refractivity contribution in [2.24, 2.45) is 10.9 Å². The lowest BCUT2D eigenvalue weighted by atomic mass is 10.1. The predicted octanol–water partition coefficient (Wildman–Crippen LogP) is 4.14. The van der Waals surface area contributed by atoms with E-state index in [2.05, 4.69) is 49.5 Å². The van der Waals surface area contributed by atoms with E-state index in [4.69, 9.17) is 0 Å². The second-order valence-electron chi connectivity index (χ2n) is 7.48. The van der Waals surface area contributed by atoms with Crippen LogP contribution in [0.1, 0.15) is 17.5 Å². The zero-order valence-electron chi connectivity index (χ0n) is 17.8. The number of guanidine groups is 1. The largest absolute Gasteiger partial charge is 0.434 e. The first-order valence-electron chi connectivity index (χ1n) is 10.4. The van der Waals surface area contributed by atoms with E-state index in [9.17, 15) is 8.78 Å². The number of nitrogens with one attached hydrogen (secondary N) is 2. The highest BCUT2D eigenvalue weighted by molar-refractivity contribution is 14.0. The monoisotopic (exact) mass is 544 g/mol. The molecule has 0 amide bonds. The van der Waals surface area contributed by atoms with Gasteiger partial charge < -0.3 is 20.3 Å². The summed E-state index contributed by atoms with van der Waals surface area (Å²) in [5, 5.41) is 6.54. The van der Waals surface area contributed by atoms with Crippen molar-refractivity contribution in [1.82, 2.24) is 15.5 Å². The van der Waals surface area contributed by atoms with Gasteiger partial charge in [0.25, 0.3) is 0 Å². The van der Waals surface area contributed by atoms with E-state index in [-0.39, 0.29) is 29.7 Å². The summed E-state index contributed by atoms with van der Waals surface area (Å²) in [6.45, 7) is 1.61. The lowest BCUT2D eigenvalue weighted by Crippen LogP contribution is -2.40. The highest BCUT2D eigenvalue weighted by atomic mass is 127. The molecule has 2 aromatic carbocycles. The van der Waals surface area contributed by atoms with Crippen molar-refractivity contribution in [1.29, 1.82) is 0 Å². The number of hydrogen-bond donors (Lipinski definition) is 2. The Balaban J connectivity index is 0.00000341. The first-order chi connectivity index (χ1) is 14.6. The summed E-state index contributed by atoms with van der Waals surface area (Å²) in [5.41, 5.74) is 2.04. The van der Waals surface area contributed by atoms with Crippen LogP contribution in [0.5, 0.6) is 5.75 Å². The molecule has 1 unspecified atom stereocenters. The molecule has 0 radical (unpaired) electrons. The molecule has 1 fully saturated rings. The summed E-state index contributed by atoms with van der Waals surface area (Å²) in [4.78, 5) is 6.75. The third kappa shape index (κ3) is 8.60. The molecule has 2 N–H and O–H groups in total. The van der Waals surface area contributed by atoms with E-state index < -0.39 is 6.61 Å². The Labute approximate surface area is 200 Å². The molecule has 1 atom stereocenters. The van der Waals surface area contributed by atoms with E-state index in [0.29, 0.717) is 24.0 Å². The van der Waals surface area contributed by atoms with Gasteiger partial charge in [0.05, 0.1) is 0 Å². The zero-order chi connectivity index (χ0) is 21.2. The van der Waals surface area contributed by atoms with Gasteiger partial charge in [0, 0.05) is 38.8 Å². The van der Waals surface area contributed by atoms with E-state index >= 15 is 0 Å². The van der Waals surface area contributed by atoms with Crippen LogP contribution in [0.3, 0.4) is 0 Å². The van der Waals surface area contributed by atoms with Crippen LogP contribution in [-0.4, -0.2) is 50.7 Å². The predicted molar refractivity (Wildman–Crippen MR) is 131 cm³/mol. The molecule has 31 heavy (non-hydrogen) atoms. The van der Waals surface area contributed by atoms with Gasteiger partial charge in [-0.3, -0.25) is 4.99 Å². The summed E-state index contributed by atoms with van der Waals surface area (Å²) in [7, 11) is 1.71. The Bertz CT molecular complexity index is 807. The summed E-state index contributed by atoms with van der Waals surface area (Å²) in [5.74, 6) is 1.40. The van der Waals surface area contributed by atoms with Crippen molar-refractivity contribution in [2.75, 3.05) is 33.2 Å². The minimum absolute atomic E-state index is 0. The summed E-state index contributed by atoms with van der Waals surface area (Å²) in [6.07, 6.45) is 2.23. The second-order valence-corrected chi connectivity index (χ2v) is 7.48. The Kier molecular flexibility index (Phi) is 11.0. The minimum atomic E-state index is -2.84. The van der Waals surface area contributed by atoms with Crippen LogP contribution in [0, 0.1) is 5.92 Å². The maximum Gasteiger partial charge on any atom is 0.387 e. The third-order valence-electron chi connectivity index (χ3n) is 5.35. The van der Waals surface area contributed by atoms with E-state index in [1.165, 1.54) is 5.56 Å². The van der Waals surface area contributed by atoms with Crippen molar-refractivity contribution >= 4 is 29.9 Å². The molecular weight excluding hydrogens is 513 g/mol. The first-order valence-corrected chi connectivity index (χ1v) is 10.4. The normalized spacial score (nSPS) is 16.8. The number of likely N-dealkylation sites (tertiary alicyclic amines) is 1. The van der Waals surface area contributed by atoms with Gasteiger partial charge in [0.1, 0.15) is 5.75 Å². The fraction of sp³-hybridized carbons (Fsp3) is 0.435. The Hall–Kier alpha value is -1.94. The molecule has 0 bridgehead atoms. The Morgan fingerprint density at radius 1 is 1.13 bits per heavy atom. The highest BCUT2D eigenvalue weighted by Gasteiger charge is 2.22. The standard InChI is InChI=1S/C23H30F2N4O.HI/c1-26-23(28-16-20-9-5-6-10-21(20)30-22(24)25)27-15-19-12-14-29(17-19)13-11-18-7-3-2-4-8-18;/h2-10,19,22H,11-17H2,1H3,(H2,26,27,28);1H. The van der Waals surface area contributed by atoms with Gasteiger partial charge in [0.2, 0.25) is 0 Å². The van der Waals surface area contributed by atoms with E-state index in [1.54, 1.807) is 31.3 Å². The number of rotatable bonds is 9. The number of para-hydroxylation sites is 1. The summed E-state index contributed by atoms with van der Waals surface area (Å²) >= 11 is 0. The highest BCUT2D eigenvalue weighted by Crippen LogP contribution is 2.20. The number of benzene rings is 2. The molecule has 3 rings (SSSR count). The molecular formula is C23H31F2IN4O. The van der Waals surface area contributed by atoms with Gasteiger partial charge in [0.15, 0.2) is 5.96 Å². The molecule has 5 nitrogen and oxygen atoms in total. The molecule has 1 aliphatic heterocycles. The number of aliphatic imine (C=N–C) groups is 1. The Morgan fingerprint density at radius 3 is 2.61 bits per heavy atom. The molecule has 1 heterocycles. The maximum absolute atomic E-state index is 12.6. The molecule has 0 aromatic heterocycles. The average Bonchev–Trinajstić information content (AvgIpc) is 3.21. The van der Waals surface area contributed by atoms with Crippen molar-refractivity contribution in [3.05, 3.63) is 65.7 Å². The van der Waals surface area contributed by atoms with Crippen LogP contribution in [-0.2, 0) is 13.0 Å². The number of alkyl halides is 2. The topological polar surface area (TPSA) is 48.9 Å². The van der Waals surface area contributed by atoms with Crippen molar-refractivity contribution in [2.45, 2.75) is 26.0 Å². The molecule has 1 saturated heterocycles. The fourth-order valence-corrected chi connectivity index (χ4v) is 3.72. The molecule has 170 valence electrons. The quantitative estimate of drug-likeness (QED) is 0.283. The van der Waals surface area contributed by atoms with Crippen LogP contribution in [0.4, 0.5) is 8.78 Å². The average molecular weight is 544 g/mol. The van der Waals surface area contributed by atoms with Crippen LogP contribution < -0.4 is 15.4 Å². The lowest BCUT2D eigenvalue weighted by molar-refractivity contribution is -0.0504. The van der Waals surface area contributed by atoms with Crippen molar-refractivity contribution in [3.8, 4) is 5.75 Å². The van der Waals surface area contributed by atoms with Gasteiger partial charge in [-0.25, -0.2) is 0 Å². The zero-order valence-corrected chi connectivity index (χ0v) is 20.1. The lowest BCUT2D eigenvalue weighted by Gasteiger charge is -2.18. The van der Waals surface area contributed by atoms with Gasteiger partial charge in [-0.15, -0.1) is 24.0 Å². The van der Waals surface area contributed by atoms with Crippen LogP contribution in [0.15, 0.2) is 59.6 Å². The van der Waals surface area contributed by atoms with Crippen LogP contribution >= 0.6 is 24.0 Å². The maximum atomic E-state index is 12.6. The van der Waals surface area contributed by atoms with Gasteiger partial charge in [-0.1, -0.05) is 48.5 Å². The SMILES string of the molecule is CN=C(NCc1ccccc1OC(F)F)NCC1CCN(CCc2ccccc2)C1.I. The number of hydrogen-bond acceptors (Lipinski definition) is 3. The molecule has 1 aliphatic rings. The van der Waals surface area contributed by atoms with Crippen molar-refractivity contribution in [3.63, 3.8) is 0 Å².